The average Bonchev–Trinajstić information content (AvgIpc) is 3.07. The second-order valence-corrected chi connectivity index (χ2v) is 6.28. The molecule has 1 aliphatic heterocycles. The predicted molar refractivity (Wildman–Crippen MR) is 96.9 cm³/mol. The number of nitrogens with zero attached hydrogens (tertiary/aromatic N) is 1. The van der Waals surface area contributed by atoms with E-state index in [4.69, 9.17) is 4.74 Å². The first kappa shape index (κ1) is 17.9. The van der Waals surface area contributed by atoms with Gasteiger partial charge in [-0.05, 0) is 49.2 Å². The van der Waals surface area contributed by atoms with Crippen molar-refractivity contribution in [2.24, 2.45) is 0 Å². The monoisotopic (exact) mass is 356 g/mol. The molecule has 0 bridgehead atoms. The number of ether oxygens (including phenoxy) is 1. The van der Waals surface area contributed by atoms with E-state index >= 15 is 0 Å². The van der Waals surface area contributed by atoms with Crippen molar-refractivity contribution >= 4 is 17.5 Å². The number of benzene rings is 2. The van der Waals surface area contributed by atoms with Crippen molar-refractivity contribution in [1.82, 2.24) is 5.32 Å². The third-order valence-electron chi connectivity index (χ3n) is 4.54. The van der Waals surface area contributed by atoms with Crippen LogP contribution in [-0.4, -0.2) is 25.5 Å². The molecule has 1 saturated heterocycles. The van der Waals surface area contributed by atoms with Crippen LogP contribution in [0.2, 0.25) is 0 Å². The molecule has 1 fully saturated rings. The minimum absolute atomic E-state index is 0.0987. The molecule has 1 unspecified atom stereocenters. The van der Waals surface area contributed by atoms with E-state index in [9.17, 15) is 14.0 Å². The van der Waals surface area contributed by atoms with Crippen molar-refractivity contribution < 1.29 is 18.7 Å². The molecule has 0 radical (unpaired) electrons. The van der Waals surface area contributed by atoms with Crippen molar-refractivity contribution in [3.63, 3.8) is 0 Å². The van der Waals surface area contributed by atoms with Gasteiger partial charge in [0.05, 0.1) is 13.2 Å². The van der Waals surface area contributed by atoms with Crippen molar-refractivity contribution in [1.29, 1.82) is 0 Å². The first-order chi connectivity index (χ1) is 12.5. The zero-order valence-corrected chi connectivity index (χ0v) is 14.8. The molecule has 6 heteroatoms. The second-order valence-electron chi connectivity index (χ2n) is 6.28. The molecule has 0 spiro atoms. The molecule has 3 rings (SSSR count). The standard InChI is InChI=1S/C20H21FN2O3/c1-13(22-20(25)15-7-10-18(26-2)17(21)12-15)14-5-8-16(9-6-14)23-11-3-4-19(23)24/h5-10,12-13H,3-4,11H2,1-2H3,(H,22,25). The van der Waals surface area contributed by atoms with Gasteiger partial charge in [-0.25, -0.2) is 4.39 Å². The van der Waals surface area contributed by atoms with Crippen LogP contribution in [-0.2, 0) is 4.79 Å². The number of hydrogen-bond donors (Lipinski definition) is 1. The number of hydrogen-bond acceptors (Lipinski definition) is 3. The van der Waals surface area contributed by atoms with Crippen LogP contribution in [0.25, 0.3) is 0 Å². The highest BCUT2D eigenvalue weighted by Crippen LogP contribution is 2.24. The number of methoxy groups -OCH3 is 1. The Kier molecular flexibility index (Phi) is 5.21. The highest BCUT2D eigenvalue weighted by molar-refractivity contribution is 5.95. The molecule has 2 amide bonds. The van der Waals surface area contributed by atoms with Gasteiger partial charge in [0, 0.05) is 24.2 Å². The van der Waals surface area contributed by atoms with Gasteiger partial charge >= 0.3 is 0 Å². The third-order valence-corrected chi connectivity index (χ3v) is 4.54. The fourth-order valence-electron chi connectivity index (χ4n) is 3.04. The fraction of sp³-hybridized carbons (Fsp3) is 0.300. The van der Waals surface area contributed by atoms with E-state index in [1.54, 1.807) is 4.90 Å². The summed E-state index contributed by atoms with van der Waals surface area (Å²) < 4.78 is 18.6. The van der Waals surface area contributed by atoms with E-state index in [-0.39, 0.29) is 29.2 Å². The Morgan fingerprint density at radius 1 is 1.23 bits per heavy atom. The number of anilines is 1. The van der Waals surface area contributed by atoms with Crippen molar-refractivity contribution in [3.05, 3.63) is 59.4 Å². The van der Waals surface area contributed by atoms with Crippen LogP contribution in [0.3, 0.4) is 0 Å². The lowest BCUT2D eigenvalue weighted by Gasteiger charge is -2.18. The quantitative estimate of drug-likeness (QED) is 0.893. The largest absolute Gasteiger partial charge is 0.494 e. The van der Waals surface area contributed by atoms with Crippen molar-refractivity contribution in [3.8, 4) is 5.75 Å². The summed E-state index contributed by atoms with van der Waals surface area (Å²) in [7, 11) is 1.37. The molecule has 0 aromatic heterocycles. The lowest BCUT2D eigenvalue weighted by Crippen LogP contribution is -2.27. The molecule has 136 valence electrons. The highest BCUT2D eigenvalue weighted by atomic mass is 19.1. The minimum Gasteiger partial charge on any atom is -0.494 e. The molecule has 1 atom stereocenters. The molecule has 1 N–H and O–H groups in total. The molecule has 2 aromatic rings. The number of nitrogens with one attached hydrogen (secondary N) is 1. The Hall–Kier alpha value is -2.89. The molecule has 1 aliphatic rings. The number of amides is 2. The van der Waals surface area contributed by atoms with Crippen LogP contribution >= 0.6 is 0 Å². The van der Waals surface area contributed by atoms with Crippen LogP contribution < -0.4 is 15.0 Å². The van der Waals surface area contributed by atoms with E-state index in [0.29, 0.717) is 6.42 Å². The summed E-state index contributed by atoms with van der Waals surface area (Å²) in [6, 6.07) is 11.4. The summed E-state index contributed by atoms with van der Waals surface area (Å²) in [4.78, 5) is 25.9. The van der Waals surface area contributed by atoms with Crippen LogP contribution in [0.15, 0.2) is 42.5 Å². The van der Waals surface area contributed by atoms with Crippen LogP contribution in [0.4, 0.5) is 10.1 Å². The van der Waals surface area contributed by atoms with E-state index in [1.165, 1.54) is 19.2 Å². The molecule has 0 aliphatic carbocycles. The van der Waals surface area contributed by atoms with Gasteiger partial charge in [0.15, 0.2) is 11.6 Å². The van der Waals surface area contributed by atoms with E-state index in [0.717, 1.165) is 30.3 Å². The van der Waals surface area contributed by atoms with Gasteiger partial charge in [-0.1, -0.05) is 12.1 Å². The minimum atomic E-state index is -0.576. The predicted octanol–water partition coefficient (Wildman–Crippen LogP) is 3.45. The summed E-state index contributed by atoms with van der Waals surface area (Å²) in [6.07, 6.45) is 1.47. The Morgan fingerprint density at radius 2 is 1.96 bits per heavy atom. The number of carbonyl (C=O) groups is 2. The van der Waals surface area contributed by atoms with Gasteiger partial charge in [0.1, 0.15) is 0 Å². The zero-order valence-electron chi connectivity index (χ0n) is 14.8. The summed E-state index contributed by atoms with van der Waals surface area (Å²) in [5.41, 5.74) is 2.00. The third kappa shape index (κ3) is 3.69. The maximum absolute atomic E-state index is 13.8. The Bertz CT molecular complexity index is 820. The van der Waals surface area contributed by atoms with E-state index in [1.807, 2.05) is 31.2 Å². The molecular weight excluding hydrogens is 335 g/mol. The lowest BCUT2D eigenvalue weighted by molar-refractivity contribution is -0.117. The zero-order chi connectivity index (χ0) is 18.7. The fourth-order valence-corrected chi connectivity index (χ4v) is 3.04. The molecule has 2 aromatic carbocycles. The SMILES string of the molecule is COc1ccc(C(=O)NC(C)c2ccc(N3CCCC3=O)cc2)cc1F. The first-order valence-electron chi connectivity index (χ1n) is 8.54. The van der Waals surface area contributed by atoms with E-state index in [2.05, 4.69) is 5.32 Å². The summed E-state index contributed by atoms with van der Waals surface area (Å²) >= 11 is 0. The summed E-state index contributed by atoms with van der Waals surface area (Å²) in [6.45, 7) is 2.60. The Morgan fingerprint density at radius 3 is 2.54 bits per heavy atom. The van der Waals surface area contributed by atoms with Gasteiger partial charge in [0.25, 0.3) is 5.91 Å². The van der Waals surface area contributed by atoms with Crippen molar-refractivity contribution in [2.45, 2.75) is 25.8 Å². The number of rotatable bonds is 5. The number of carbonyl (C=O) groups excluding carboxylic acids is 2. The Labute approximate surface area is 151 Å². The molecule has 26 heavy (non-hydrogen) atoms. The maximum atomic E-state index is 13.8. The smallest absolute Gasteiger partial charge is 0.251 e. The normalized spacial score (nSPS) is 15.0. The van der Waals surface area contributed by atoms with Gasteiger partial charge in [-0.2, -0.15) is 0 Å². The average molecular weight is 356 g/mol. The molecule has 0 saturated carbocycles. The van der Waals surface area contributed by atoms with Crippen LogP contribution in [0.5, 0.6) is 5.75 Å². The molecule has 1 heterocycles. The lowest BCUT2D eigenvalue weighted by atomic mass is 10.1. The summed E-state index contributed by atoms with van der Waals surface area (Å²) in [5, 5.41) is 2.85. The summed E-state index contributed by atoms with van der Waals surface area (Å²) in [5.74, 6) is -0.701. The topological polar surface area (TPSA) is 58.6 Å². The van der Waals surface area contributed by atoms with Gasteiger partial charge in [-0.3, -0.25) is 9.59 Å². The van der Waals surface area contributed by atoms with E-state index < -0.39 is 5.82 Å². The maximum Gasteiger partial charge on any atom is 0.251 e. The molecular formula is C20H21FN2O3. The number of halogens is 1. The van der Waals surface area contributed by atoms with Crippen molar-refractivity contribution in [2.75, 3.05) is 18.6 Å². The van der Waals surface area contributed by atoms with Crippen LogP contribution in [0.1, 0.15) is 41.7 Å². The Balaban J connectivity index is 1.67. The van der Waals surface area contributed by atoms with Gasteiger partial charge < -0.3 is 15.0 Å². The second kappa shape index (κ2) is 7.56. The molecule has 5 nitrogen and oxygen atoms in total. The van der Waals surface area contributed by atoms with Gasteiger partial charge in [0.2, 0.25) is 5.91 Å². The van der Waals surface area contributed by atoms with Crippen LogP contribution in [0, 0.1) is 5.82 Å². The highest BCUT2D eigenvalue weighted by Gasteiger charge is 2.21. The first-order valence-corrected chi connectivity index (χ1v) is 8.54. The van der Waals surface area contributed by atoms with Gasteiger partial charge in [-0.15, -0.1) is 0 Å².